The van der Waals surface area contributed by atoms with Crippen molar-refractivity contribution in [1.29, 1.82) is 0 Å². The standard InChI is InChI=1S/C18H23NO5/c1-19(18(22)23-2)15-11-7-6-10-14(15)17(21)24-12-16(20)13-8-4-3-5-9-13/h6-7,10-11,13H,3-5,8-9,12H2,1-2H3. The zero-order valence-corrected chi connectivity index (χ0v) is 14.1. The van der Waals surface area contributed by atoms with Crippen LogP contribution >= 0.6 is 0 Å². The Labute approximate surface area is 141 Å². The topological polar surface area (TPSA) is 72.9 Å². The van der Waals surface area contributed by atoms with E-state index in [9.17, 15) is 14.4 Å². The number of ketones is 1. The van der Waals surface area contributed by atoms with Crippen LogP contribution in [0.2, 0.25) is 0 Å². The monoisotopic (exact) mass is 333 g/mol. The molecule has 1 saturated carbocycles. The van der Waals surface area contributed by atoms with Gasteiger partial charge in [0.05, 0.1) is 18.4 Å². The number of para-hydroxylation sites is 1. The minimum Gasteiger partial charge on any atom is -0.454 e. The number of nitrogens with zero attached hydrogens (tertiary/aromatic N) is 1. The van der Waals surface area contributed by atoms with E-state index in [0.717, 1.165) is 32.1 Å². The van der Waals surface area contributed by atoms with Gasteiger partial charge in [0.1, 0.15) is 0 Å². The summed E-state index contributed by atoms with van der Waals surface area (Å²) in [5.74, 6) is -0.646. The number of carbonyl (C=O) groups excluding carboxylic acids is 3. The maximum absolute atomic E-state index is 12.3. The maximum Gasteiger partial charge on any atom is 0.413 e. The smallest absolute Gasteiger partial charge is 0.413 e. The highest BCUT2D eigenvalue weighted by atomic mass is 16.5. The maximum atomic E-state index is 12.3. The molecule has 1 fully saturated rings. The molecule has 0 bridgehead atoms. The number of rotatable bonds is 5. The number of methoxy groups -OCH3 is 1. The summed E-state index contributed by atoms with van der Waals surface area (Å²) >= 11 is 0. The number of Topliss-reactive ketones (excluding diaryl/α,β-unsaturated/α-hetero) is 1. The lowest BCUT2D eigenvalue weighted by atomic mass is 9.86. The van der Waals surface area contributed by atoms with E-state index >= 15 is 0 Å². The molecule has 0 heterocycles. The first-order valence-corrected chi connectivity index (χ1v) is 8.15. The van der Waals surface area contributed by atoms with E-state index in [-0.39, 0.29) is 23.9 Å². The quantitative estimate of drug-likeness (QED) is 0.774. The Morgan fingerprint density at radius 3 is 2.46 bits per heavy atom. The molecule has 0 spiro atoms. The summed E-state index contributed by atoms with van der Waals surface area (Å²) in [6.45, 7) is -0.222. The van der Waals surface area contributed by atoms with Gasteiger partial charge in [-0.25, -0.2) is 9.59 Å². The Morgan fingerprint density at radius 2 is 1.79 bits per heavy atom. The second-order valence-corrected chi connectivity index (χ2v) is 5.92. The highest BCUT2D eigenvalue weighted by Crippen LogP contribution is 2.25. The molecule has 0 saturated heterocycles. The third kappa shape index (κ3) is 4.34. The molecule has 130 valence electrons. The first-order chi connectivity index (χ1) is 11.5. The van der Waals surface area contributed by atoms with Crippen LogP contribution in [-0.4, -0.2) is 38.6 Å². The zero-order chi connectivity index (χ0) is 17.5. The fourth-order valence-corrected chi connectivity index (χ4v) is 2.93. The lowest BCUT2D eigenvalue weighted by Crippen LogP contribution is -2.28. The second kappa shape index (κ2) is 8.47. The van der Waals surface area contributed by atoms with Crippen LogP contribution < -0.4 is 4.90 Å². The van der Waals surface area contributed by atoms with Crippen molar-refractivity contribution in [2.24, 2.45) is 5.92 Å². The van der Waals surface area contributed by atoms with Gasteiger partial charge in [0.25, 0.3) is 0 Å². The summed E-state index contributed by atoms with van der Waals surface area (Å²) in [6, 6.07) is 6.56. The minimum atomic E-state index is -0.620. The fourth-order valence-electron chi connectivity index (χ4n) is 2.93. The first kappa shape index (κ1) is 18.0. The van der Waals surface area contributed by atoms with Crippen LogP contribution in [0, 0.1) is 5.92 Å². The van der Waals surface area contributed by atoms with Crippen molar-refractivity contribution >= 4 is 23.5 Å². The molecule has 2 rings (SSSR count). The molecule has 6 nitrogen and oxygen atoms in total. The predicted molar refractivity (Wildman–Crippen MR) is 89.1 cm³/mol. The number of amides is 1. The average molecular weight is 333 g/mol. The van der Waals surface area contributed by atoms with Gasteiger partial charge in [0, 0.05) is 13.0 Å². The van der Waals surface area contributed by atoms with Crippen molar-refractivity contribution in [3.63, 3.8) is 0 Å². The van der Waals surface area contributed by atoms with Crippen LogP contribution in [0.5, 0.6) is 0 Å². The molecule has 24 heavy (non-hydrogen) atoms. The molecule has 0 aliphatic heterocycles. The number of hydrogen-bond donors (Lipinski definition) is 0. The van der Waals surface area contributed by atoms with Crippen LogP contribution in [0.15, 0.2) is 24.3 Å². The highest BCUT2D eigenvalue weighted by Gasteiger charge is 2.24. The molecular formula is C18H23NO5. The minimum absolute atomic E-state index is 0.000429. The van der Waals surface area contributed by atoms with Crippen LogP contribution in [0.25, 0.3) is 0 Å². The molecule has 1 aliphatic carbocycles. The van der Waals surface area contributed by atoms with Gasteiger partial charge in [-0.15, -0.1) is 0 Å². The SMILES string of the molecule is COC(=O)N(C)c1ccccc1C(=O)OCC(=O)C1CCCCC1. The van der Waals surface area contributed by atoms with Gasteiger partial charge >= 0.3 is 12.1 Å². The van der Waals surface area contributed by atoms with E-state index in [1.165, 1.54) is 19.1 Å². The van der Waals surface area contributed by atoms with Crippen molar-refractivity contribution in [2.45, 2.75) is 32.1 Å². The van der Waals surface area contributed by atoms with E-state index in [2.05, 4.69) is 4.74 Å². The van der Waals surface area contributed by atoms with E-state index in [4.69, 9.17) is 4.74 Å². The van der Waals surface area contributed by atoms with E-state index in [1.807, 2.05) is 0 Å². The second-order valence-electron chi connectivity index (χ2n) is 5.92. The van der Waals surface area contributed by atoms with Crippen molar-refractivity contribution in [1.82, 2.24) is 0 Å². The fraction of sp³-hybridized carbons (Fsp3) is 0.500. The molecule has 6 heteroatoms. The summed E-state index contributed by atoms with van der Waals surface area (Å²) < 4.78 is 9.84. The Hall–Kier alpha value is -2.37. The molecule has 1 amide bonds. The normalized spacial score (nSPS) is 14.8. The number of ether oxygens (including phenoxy) is 2. The van der Waals surface area contributed by atoms with E-state index in [0.29, 0.717) is 5.69 Å². The molecule has 0 aromatic heterocycles. The van der Waals surface area contributed by atoms with Crippen LogP contribution in [0.3, 0.4) is 0 Å². The predicted octanol–water partition coefficient (Wildman–Crippen LogP) is 3.20. The first-order valence-electron chi connectivity index (χ1n) is 8.15. The third-order valence-electron chi connectivity index (χ3n) is 4.34. The summed E-state index contributed by atoms with van der Waals surface area (Å²) in [5.41, 5.74) is 0.598. The van der Waals surface area contributed by atoms with Gasteiger partial charge in [-0.3, -0.25) is 9.69 Å². The Morgan fingerprint density at radius 1 is 1.12 bits per heavy atom. The van der Waals surface area contributed by atoms with Crippen molar-refractivity contribution < 1.29 is 23.9 Å². The van der Waals surface area contributed by atoms with Gasteiger partial charge in [-0.05, 0) is 25.0 Å². The Kier molecular flexibility index (Phi) is 6.35. The molecule has 0 radical (unpaired) electrons. The number of esters is 1. The van der Waals surface area contributed by atoms with Crippen LogP contribution in [0.1, 0.15) is 42.5 Å². The van der Waals surface area contributed by atoms with Gasteiger partial charge in [-0.1, -0.05) is 31.4 Å². The van der Waals surface area contributed by atoms with Crippen LogP contribution in [0.4, 0.5) is 10.5 Å². The largest absolute Gasteiger partial charge is 0.454 e. The van der Waals surface area contributed by atoms with Gasteiger partial charge in [0.15, 0.2) is 12.4 Å². The highest BCUT2D eigenvalue weighted by molar-refractivity contribution is 6.01. The van der Waals surface area contributed by atoms with Gasteiger partial charge in [0.2, 0.25) is 0 Å². The summed E-state index contributed by atoms with van der Waals surface area (Å²) in [6.07, 6.45) is 4.43. The van der Waals surface area contributed by atoms with Crippen molar-refractivity contribution in [3.05, 3.63) is 29.8 Å². The molecule has 1 aromatic carbocycles. The number of hydrogen-bond acceptors (Lipinski definition) is 5. The van der Waals surface area contributed by atoms with E-state index < -0.39 is 12.1 Å². The molecule has 1 aromatic rings. The molecule has 0 N–H and O–H groups in total. The Balaban J connectivity index is 2.02. The van der Waals surface area contributed by atoms with E-state index in [1.54, 1.807) is 24.3 Å². The summed E-state index contributed by atoms with van der Waals surface area (Å²) in [4.78, 5) is 37.3. The molecule has 0 unspecified atom stereocenters. The van der Waals surface area contributed by atoms with Crippen LogP contribution in [-0.2, 0) is 14.3 Å². The van der Waals surface area contributed by atoms with Gasteiger partial charge < -0.3 is 9.47 Å². The third-order valence-corrected chi connectivity index (χ3v) is 4.34. The van der Waals surface area contributed by atoms with Gasteiger partial charge in [-0.2, -0.15) is 0 Å². The molecule has 0 atom stereocenters. The summed E-state index contributed by atoms with van der Waals surface area (Å²) in [7, 11) is 2.77. The number of carbonyl (C=O) groups is 3. The van der Waals surface area contributed by atoms with Crippen molar-refractivity contribution in [3.8, 4) is 0 Å². The average Bonchev–Trinajstić information content (AvgIpc) is 2.65. The van der Waals surface area contributed by atoms with Crippen molar-refractivity contribution in [2.75, 3.05) is 25.7 Å². The molecular weight excluding hydrogens is 310 g/mol. The zero-order valence-electron chi connectivity index (χ0n) is 14.1. The number of benzene rings is 1. The summed E-state index contributed by atoms with van der Waals surface area (Å²) in [5, 5.41) is 0. The molecule has 1 aliphatic rings. The number of anilines is 1. The Bertz CT molecular complexity index is 607. The lowest BCUT2D eigenvalue weighted by Gasteiger charge is -2.21. The lowest BCUT2D eigenvalue weighted by molar-refractivity contribution is -0.126.